The number of hydrogen-bond acceptors (Lipinski definition) is 4. The van der Waals surface area contributed by atoms with Gasteiger partial charge in [0.2, 0.25) is 11.8 Å². The van der Waals surface area contributed by atoms with Gasteiger partial charge in [-0.25, -0.2) is 0 Å². The summed E-state index contributed by atoms with van der Waals surface area (Å²) in [5, 5.41) is 6.42. The van der Waals surface area contributed by atoms with Crippen molar-refractivity contribution in [1.29, 1.82) is 0 Å². The number of nitrogens with one attached hydrogen (secondary N) is 2. The smallest absolute Gasteiger partial charge is 0.247 e. The van der Waals surface area contributed by atoms with Gasteiger partial charge < -0.3 is 21.1 Å². The molecular weight excluding hydrogens is 378 g/mol. The summed E-state index contributed by atoms with van der Waals surface area (Å²) in [5.74, 6) is -0.351. The van der Waals surface area contributed by atoms with E-state index in [1.54, 1.807) is 12.1 Å². The Bertz CT molecular complexity index is 719. The van der Waals surface area contributed by atoms with Crippen LogP contribution >= 0.6 is 11.6 Å². The van der Waals surface area contributed by atoms with Gasteiger partial charge >= 0.3 is 0 Å². The predicted molar refractivity (Wildman–Crippen MR) is 111 cm³/mol. The van der Waals surface area contributed by atoms with E-state index in [0.717, 1.165) is 18.4 Å². The molecule has 0 saturated carbocycles. The Morgan fingerprint density at radius 3 is 2.64 bits per heavy atom. The van der Waals surface area contributed by atoms with E-state index in [4.69, 9.17) is 22.1 Å². The predicted octanol–water partition coefficient (Wildman–Crippen LogP) is 2.69. The third kappa shape index (κ3) is 6.33. The Balaban J connectivity index is 2.13. The lowest BCUT2D eigenvalue weighted by molar-refractivity contribution is -0.121. The van der Waals surface area contributed by atoms with Crippen molar-refractivity contribution in [1.82, 2.24) is 10.6 Å². The lowest BCUT2D eigenvalue weighted by atomic mass is 9.87. The summed E-state index contributed by atoms with van der Waals surface area (Å²) in [7, 11) is 0. The first-order valence-corrected chi connectivity index (χ1v) is 10.1. The number of carbonyl (C=O) groups excluding carboxylic acids is 2. The van der Waals surface area contributed by atoms with E-state index in [1.165, 1.54) is 6.92 Å². The minimum absolute atomic E-state index is 0.0404. The fourth-order valence-corrected chi connectivity index (χ4v) is 3.57. The normalized spacial score (nSPS) is 21.9. The molecule has 0 radical (unpaired) electrons. The maximum absolute atomic E-state index is 12.7. The molecular formula is C21H30ClN3O3. The number of ether oxygens (including phenoxy) is 1. The van der Waals surface area contributed by atoms with Crippen LogP contribution in [-0.2, 0) is 20.9 Å². The molecule has 7 heteroatoms. The van der Waals surface area contributed by atoms with Crippen molar-refractivity contribution < 1.29 is 14.3 Å². The Labute approximate surface area is 171 Å². The minimum Gasteiger partial charge on any atom is -0.369 e. The molecule has 1 aromatic carbocycles. The van der Waals surface area contributed by atoms with Gasteiger partial charge in [-0.15, -0.1) is 0 Å². The minimum atomic E-state index is -0.440. The molecule has 0 aliphatic heterocycles. The number of nitrogens with two attached hydrogens (primary N) is 1. The van der Waals surface area contributed by atoms with Gasteiger partial charge in [-0.05, 0) is 43.0 Å². The first-order chi connectivity index (χ1) is 13.3. The Hall–Kier alpha value is -1.89. The second-order valence-corrected chi connectivity index (χ2v) is 7.57. The lowest BCUT2D eigenvalue weighted by Crippen LogP contribution is -2.57. The molecule has 2 amide bonds. The Morgan fingerprint density at radius 1 is 1.32 bits per heavy atom. The van der Waals surface area contributed by atoms with E-state index in [9.17, 15) is 9.59 Å². The van der Waals surface area contributed by atoms with E-state index in [-0.39, 0.29) is 24.0 Å². The molecule has 0 fully saturated rings. The standard InChI is InChI=1S/C21H30ClN3O3/c1-4-17(5-2)28-19-11-15(10-18(23)20(19)25-13(3)26)21(27)24-12-14-7-6-8-16(22)9-14/h6-9,11,17-20H,4-5,10,12,23H2,1-3H3,(H,24,27)(H,25,26)/t18-,19+,20+/m0/s1. The number of carbonyl (C=O) groups is 2. The lowest BCUT2D eigenvalue weighted by Gasteiger charge is -2.36. The number of benzene rings is 1. The van der Waals surface area contributed by atoms with Gasteiger partial charge in [-0.2, -0.15) is 0 Å². The van der Waals surface area contributed by atoms with Crippen molar-refractivity contribution in [3.05, 3.63) is 46.5 Å². The molecule has 1 aliphatic carbocycles. The molecule has 0 spiro atoms. The third-order valence-electron chi connectivity index (χ3n) is 4.90. The summed E-state index contributed by atoms with van der Waals surface area (Å²) in [6.45, 7) is 5.93. The fraction of sp³-hybridized carbons (Fsp3) is 0.524. The van der Waals surface area contributed by atoms with E-state index in [2.05, 4.69) is 10.6 Å². The fourth-order valence-electron chi connectivity index (χ4n) is 3.36. The molecule has 28 heavy (non-hydrogen) atoms. The average Bonchev–Trinajstić information content (AvgIpc) is 2.66. The SMILES string of the molecule is CCC(CC)O[C@@H]1C=C(C(=O)NCc2cccc(Cl)c2)C[C@H](N)[C@H]1NC(C)=O. The maximum Gasteiger partial charge on any atom is 0.247 e. The maximum atomic E-state index is 12.7. The molecule has 1 aromatic rings. The average molecular weight is 408 g/mol. The zero-order valence-electron chi connectivity index (χ0n) is 16.7. The first kappa shape index (κ1) is 22.4. The molecule has 0 heterocycles. The van der Waals surface area contributed by atoms with Crippen molar-refractivity contribution in [2.75, 3.05) is 0 Å². The Kier molecular flexibility index (Phi) is 8.48. The monoisotopic (exact) mass is 407 g/mol. The van der Waals surface area contributed by atoms with Gasteiger partial charge in [-0.1, -0.05) is 37.6 Å². The Morgan fingerprint density at radius 2 is 2.04 bits per heavy atom. The first-order valence-electron chi connectivity index (χ1n) is 9.75. The van der Waals surface area contributed by atoms with Crippen LogP contribution in [0.25, 0.3) is 0 Å². The van der Waals surface area contributed by atoms with Crippen LogP contribution in [0.2, 0.25) is 5.02 Å². The molecule has 3 atom stereocenters. The number of halogens is 1. The number of hydrogen-bond donors (Lipinski definition) is 3. The molecule has 0 unspecified atom stereocenters. The molecule has 0 bridgehead atoms. The highest BCUT2D eigenvalue weighted by molar-refractivity contribution is 6.30. The van der Waals surface area contributed by atoms with Crippen molar-refractivity contribution >= 4 is 23.4 Å². The van der Waals surface area contributed by atoms with Crippen LogP contribution in [0.1, 0.15) is 45.6 Å². The molecule has 1 aliphatic rings. The van der Waals surface area contributed by atoms with Crippen LogP contribution in [0, 0.1) is 0 Å². The number of amides is 2. The second-order valence-electron chi connectivity index (χ2n) is 7.14. The van der Waals surface area contributed by atoms with E-state index in [0.29, 0.717) is 23.6 Å². The third-order valence-corrected chi connectivity index (χ3v) is 5.14. The summed E-state index contributed by atoms with van der Waals surface area (Å²) in [5.41, 5.74) is 7.79. The van der Waals surface area contributed by atoms with Gasteiger partial charge in [0.15, 0.2) is 0 Å². The van der Waals surface area contributed by atoms with Gasteiger partial charge in [0.05, 0.1) is 18.2 Å². The molecule has 0 saturated heterocycles. The van der Waals surface area contributed by atoms with Crippen LogP contribution in [0.15, 0.2) is 35.9 Å². The van der Waals surface area contributed by atoms with Crippen LogP contribution in [0.5, 0.6) is 0 Å². The zero-order valence-corrected chi connectivity index (χ0v) is 17.5. The van der Waals surface area contributed by atoms with Gasteiger partial charge in [0.1, 0.15) is 0 Å². The summed E-state index contributed by atoms with van der Waals surface area (Å²) in [6, 6.07) is 6.59. The topological polar surface area (TPSA) is 93.4 Å². The van der Waals surface area contributed by atoms with Gasteiger partial charge in [-0.3, -0.25) is 9.59 Å². The van der Waals surface area contributed by atoms with Crippen LogP contribution in [0.4, 0.5) is 0 Å². The largest absolute Gasteiger partial charge is 0.369 e. The highest BCUT2D eigenvalue weighted by Crippen LogP contribution is 2.23. The van der Waals surface area contributed by atoms with Crippen LogP contribution in [0.3, 0.4) is 0 Å². The highest BCUT2D eigenvalue weighted by atomic mass is 35.5. The number of rotatable bonds is 8. The van der Waals surface area contributed by atoms with Crippen LogP contribution in [-0.4, -0.2) is 36.1 Å². The highest BCUT2D eigenvalue weighted by Gasteiger charge is 2.35. The molecule has 6 nitrogen and oxygen atoms in total. The summed E-state index contributed by atoms with van der Waals surface area (Å²) in [6.07, 6.45) is 3.46. The van der Waals surface area contributed by atoms with Crippen molar-refractivity contribution in [2.45, 2.75) is 70.9 Å². The van der Waals surface area contributed by atoms with Crippen LogP contribution < -0.4 is 16.4 Å². The summed E-state index contributed by atoms with van der Waals surface area (Å²) >= 11 is 5.99. The molecule has 154 valence electrons. The molecule has 0 aromatic heterocycles. The van der Waals surface area contributed by atoms with Crippen molar-refractivity contribution in [2.24, 2.45) is 5.73 Å². The van der Waals surface area contributed by atoms with Gasteiger partial charge in [0, 0.05) is 30.1 Å². The second kappa shape index (κ2) is 10.6. The van der Waals surface area contributed by atoms with Gasteiger partial charge in [0.25, 0.3) is 0 Å². The summed E-state index contributed by atoms with van der Waals surface area (Å²) < 4.78 is 6.16. The van der Waals surface area contributed by atoms with Crippen molar-refractivity contribution in [3.8, 4) is 0 Å². The zero-order chi connectivity index (χ0) is 20.7. The van der Waals surface area contributed by atoms with E-state index in [1.807, 2.05) is 32.0 Å². The van der Waals surface area contributed by atoms with E-state index >= 15 is 0 Å². The molecule has 2 rings (SSSR count). The quantitative estimate of drug-likeness (QED) is 0.617. The van der Waals surface area contributed by atoms with E-state index < -0.39 is 12.1 Å². The molecule has 4 N–H and O–H groups in total. The van der Waals surface area contributed by atoms with Crippen molar-refractivity contribution in [3.63, 3.8) is 0 Å². The summed E-state index contributed by atoms with van der Waals surface area (Å²) in [4.78, 5) is 24.3.